The van der Waals surface area contributed by atoms with E-state index in [9.17, 15) is 22.3 Å². The summed E-state index contributed by atoms with van der Waals surface area (Å²) < 4.78 is 57.4. The highest BCUT2D eigenvalue weighted by molar-refractivity contribution is 7.89. The van der Waals surface area contributed by atoms with E-state index in [1.807, 2.05) is 0 Å². The number of sulfonamides is 1. The summed E-state index contributed by atoms with van der Waals surface area (Å²) in [6.07, 6.45) is -0.873. The molecule has 2 rings (SSSR count). The van der Waals surface area contributed by atoms with Gasteiger partial charge in [-0.25, -0.2) is 17.2 Å². The van der Waals surface area contributed by atoms with Crippen molar-refractivity contribution in [1.82, 2.24) is 4.31 Å². The number of methoxy groups -OCH3 is 1. The first-order valence-corrected chi connectivity index (χ1v) is 8.07. The molecule has 118 valence electrons. The van der Waals surface area contributed by atoms with Gasteiger partial charge in [0.25, 0.3) is 0 Å². The summed E-state index contributed by atoms with van der Waals surface area (Å²) in [4.78, 5) is 0. The minimum Gasteiger partial charge on any atom is -0.392 e. The molecule has 5 nitrogen and oxygen atoms in total. The van der Waals surface area contributed by atoms with Crippen LogP contribution in [0, 0.1) is 11.6 Å². The third kappa shape index (κ3) is 3.57. The Morgan fingerprint density at radius 2 is 2.14 bits per heavy atom. The van der Waals surface area contributed by atoms with E-state index in [4.69, 9.17) is 4.74 Å². The smallest absolute Gasteiger partial charge is 0.217 e. The lowest BCUT2D eigenvalue weighted by Crippen LogP contribution is -2.35. The van der Waals surface area contributed by atoms with Gasteiger partial charge in [-0.2, -0.15) is 4.31 Å². The molecule has 1 aliphatic rings. The van der Waals surface area contributed by atoms with Gasteiger partial charge in [-0.15, -0.1) is 0 Å². The van der Waals surface area contributed by atoms with Crippen LogP contribution >= 0.6 is 0 Å². The maximum absolute atomic E-state index is 13.9. The lowest BCUT2D eigenvalue weighted by molar-refractivity contribution is 0.188. The molecular formula is C13H17F2NO4S. The van der Waals surface area contributed by atoms with E-state index in [1.54, 1.807) is 0 Å². The number of benzene rings is 1. The number of aliphatic hydroxyl groups is 1. The summed E-state index contributed by atoms with van der Waals surface area (Å²) in [5.41, 5.74) is -0.0625. The lowest BCUT2D eigenvalue weighted by atomic mass is 10.0. The molecule has 1 aromatic carbocycles. The molecule has 8 heteroatoms. The molecule has 0 spiro atoms. The fraction of sp³-hybridized carbons (Fsp3) is 0.538. The summed E-state index contributed by atoms with van der Waals surface area (Å²) in [5, 5.41) is 9.73. The molecule has 0 unspecified atom stereocenters. The van der Waals surface area contributed by atoms with Gasteiger partial charge in [0, 0.05) is 19.2 Å². The molecule has 1 saturated heterocycles. The van der Waals surface area contributed by atoms with E-state index < -0.39 is 33.8 Å². The standard InChI is InChI=1S/C13H17F2NO4S/c1-20-4-5-21(18,19)16-8-10(17)7-13(16)11-6-9(14)2-3-12(11)15/h2-3,6,10,13,17H,4-5,7-8H2,1H3/t10-,13+/m1/s1. The first kappa shape index (κ1) is 16.3. The van der Waals surface area contributed by atoms with E-state index in [0.717, 1.165) is 22.5 Å². The quantitative estimate of drug-likeness (QED) is 0.880. The van der Waals surface area contributed by atoms with Gasteiger partial charge in [0.1, 0.15) is 11.6 Å². The van der Waals surface area contributed by atoms with Crippen molar-refractivity contribution < 1.29 is 27.0 Å². The van der Waals surface area contributed by atoms with Crippen LogP contribution in [0.3, 0.4) is 0 Å². The first-order valence-electron chi connectivity index (χ1n) is 6.46. The first-order chi connectivity index (χ1) is 9.85. The van der Waals surface area contributed by atoms with Crippen LogP contribution in [-0.4, -0.2) is 49.9 Å². The predicted octanol–water partition coefficient (Wildman–Crippen LogP) is 1.05. The van der Waals surface area contributed by atoms with E-state index in [2.05, 4.69) is 0 Å². The van der Waals surface area contributed by atoms with Crippen molar-refractivity contribution in [2.45, 2.75) is 18.6 Å². The fourth-order valence-corrected chi connectivity index (χ4v) is 4.05. The molecular weight excluding hydrogens is 304 g/mol. The van der Waals surface area contributed by atoms with Gasteiger partial charge in [0.2, 0.25) is 10.0 Å². The Hall–Kier alpha value is -1.09. The highest BCUT2D eigenvalue weighted by Crippen LogP contribution is 2.36. The van der Waals surface area contributed by atoms with Crippen molar-refractivity contribution in [3.63, 3.8) is 0 Å². The second kappa shape index (κ2) is 6.35. The molecule has 1 aliphatic heterocycles. The SMILES string of the molecule is COCCS(=O)(=O)N1C[C@H](O)C[C@H]1c1cc(F)ccc1F. The fourth-order valence-electron chi connectivity index (χ4n) is 2.45. The largest absolute Gasteiger partial charge is 0.392 e. The zero-order valence-electron chi connectivity index (χ0n) is 11.5. The molecule has 1 aromatic rings. The Kier molecular flexibility index (Phi) is 4.92. The van der Waals surface area contributed by atoms with Crippen LogP contribution in [0.25, 0.3) is 0 Å². The van der Waals surface area contributed by atoms with Crippen LogP contribution in [-0.2, 0) is 14.8 Å². The molecule has 0 saturated carbocycles. The number of hydrogen-bond donors (Lipinski definition) is 1. The predicted molar refractivity (Wildman–Crippen MR) is 72.1 cm³/mol. The highest BCUT2D eigenvalue weighted by atomic mass is 32.2. The highest BCUT2D eigenvalue weighted by Gasteiger charge is 2.40. The monoisotopic (exact) mass is 321 g/mol. The maximum atomic E-state index is 13.9. The number of nitrogens with zero attached hydrogens (tertiary/aromatic N) is 1. The molecule has 0 radical (unpaired) electrons. The summed E-state index contributed by atoms with van der Waals surface area (Å²) in [6.45, 7) is -0.139. The average Bonchev–Trinajstić information content (AvgIpc) is 2.82. The Labute approximate surface area is 122 Å². The van der Waals surface area contributed by atoms with Gasteiger partial charge < -0.3 is 9.84 Å². The number of ether oxygens (including phenoxy) is 1. The summed E-state index contributed by atoms with van der Waals surface area (Å²) >= 11 is 0. The molecule has 0 aliphatic carbocycles. The Morgan fingerprint density at radius 3 is 2.81 bits per heavy atom. The molecule has 0 aromatic heterocycles. The molecule has 1 heterocycles. The van der Waals surface area contributed by atoms with E-state index in [1.165, 1.54) is 7.11 Å². The number of β-amino-alcohol motifs (C(OH)–C–C–N with tert-alkyl or cyclic N) is 1. The second-order valence-electron chi connectivity index (χ2n) is 4.95. The Bertz CT molecular complexity index is 608. The third-order valence-electron chi connectivity index (χ3n) is 3.45. The van der Waals surface area contributed by atoms with Crippen molar-refractivity contribution in [3.8, 4) is 0 Å². The molecule has 21 heavy (non-hydrogen) atoms. The van der Waals surface area contributed by atoms with Crippen LogP contribution in [0.5, 0.6) is 0 Å². The number of hydrogen-bond acceptors (Lipinski definition) is 4. The maximum Gasteiger partial charge on any atom is 0.217 e. The molecule has 2 atom stereocenters. The van der Waals surface area contributed by atoms with Crippen molar-refractivity contribution in [2.75, 3.05) is 26.0 Å². The number of halogens is 2. The van der Waals surface area contributed by atoms with Gasteiger partial charge in [0.05, 0.1) is 24.5 Å². The summed E-state index contributed by atoms with van der Waals surface area (Å²) in [5.74, 6) is -1.62. The van der Waals surface area contributed by atoms with Crippen LogP contribution in [0.4, 0.5) is 8.78 Å². The molecule has 1 N–H and O–H groups in total. The molecule has 0 bridgehead atoms. The molecule has 0 amide bonds. The minimum atomic E-state index is -3.72. The van der Waals surface area contributed by atoms with Gasteiger partial charge >= 0.3 is 0 Å². The number of rotatable bonds is 5. The third-order valence-corrected chi connectivity index (χ3v) is 5.25. The van der Waals surface area contributed by atoms with Gasteiger partial charge in [-0.3, -0.25) is 0 Å². The van der Waals surface area contributed by atoms with Crippen molar-refractivity contribution >= 4 is 10.0 Å². The van der Waals surface area contributed by atoms with E-state index in [0.29, 0.717) is 0 Å². The normalized spacial score (nSPS) is 23.6. The lowest BCUT2D eigenvalue weighted by Gasteiger charge is -2.24. The number of aliphatic hydroxyl groups excluding tert-OH is 1. The van der Waals surface area contributed by atoms with Crippen molar-refractivity contribution in [2.24, 2.45) is 0 Å². The topological polar surface area (TPSA) is 66.8 Å². The second-order valence-corrected chi connectivity index (χ2v) is 6.99. The van der Waals surface area contributed by atoms with Crippen molar-refractivity contribution in [3.05, 3.63) is 35.4 Å². The van der Waals surface area contributed by atoms with E-state index in [-0.39, 0.29) is 30.9 Å². The van der Waals surface area contributed by atoms with Crippen LogP contribution < -0.4 is 0 Å². The zero-order chi connectivity index (χ0) is 15.6. The zero-order valence-corrected chi connectivity index (χ0v) is 12.3. The van der Waals surface area contributed by atoms with Gasteiger partial charge in [0.15, 0.2) is 0 Å². The van der Waals surface area contributed by atoms with E-state index >= 15 is 0 Å². The summed E-state index contributed by atoms with van der Waals surface area (Å²) in [6, 6.07) is 1.98. The summed E-state index contributed by atoms with van der Waals surface area (Å²) in [7, 11) is -2.35. The minimum absolute atomic E-state index is 0.00667. The average molecular weight is 321 g/mol. The Morgan fingerprint density at radius 1 is 1.43 bits per heavy atom. The van der Waals surface area contributed by atoms with Crippen LogP contribution in [0.2, 0.25) is 0 Å². The Balaban J connectivity index is 2.35. The van der Waals surface area contributed by atoms with Crippen LogP contribution in [0.1, 0.15) is 18.0 Å². The van der Waals surface area contributed by atoms with Gasteiger partial charge in [-0.05, 0) is 24.6 Å². The molecule has 1 fully saturated rings. The van der Waals surface area contributed by atoms with Crippen LogP contribution in [0.15, 0.2) is 18.2 Å². The van der Waals surface area contributed by atoms with Crippen molar-refractivity contribution in [1.29, 1.82) is 0 Å². The van der Waals surface area contributed by atoms with Gasteiger partial charge in [-0.1, -0.05) is 0 Å².